The number of benzene rings is 1. The van der Waals surface area contributed by atoms with E-state index in [-0.39, 0.29) is 47.1 Å². The van der Waals surface area contributed by atoms with Crippen molar-refractivity contribution in [1.29, 1.82) is 0 Å². The Bertz CT molecular complexity index is 1340. The van der Waals surface area contributed by atoms with Crippen LogP contribution in [-0.4, -0.2) is 42.5 Å². The Labute approximate surface area is 211 Å². The van der Waals surface area contributed by atoms with Gasteiger partial charge in [0.1, 0.15) is 11.9 Å². The van der Waals surface area contributed by atoms with Crippen LogP contribution in [0.15, 0.2) is 71.8 Å². The summed E-state index contributed by atoms with van der Waals surface area (Å²) in [7, 11) is 1.81. The van der Waals surface area contributed by atoms with Gasteiger partial charge in [-0.2, -0.15) is 0 Å². The second-order valence-corrected chi connectivity index (χ2v) is 10.9. The third-order valence-corrected chi connectivity index (χ3v) is 8.78. The van der Waals surface area contributed by atoms with Crippen molar-refractivity contribution in [2.45, 2.75) is 51.2 Å². The number of aromatic nitrogens is 1. The topological polar surface area (TPSA) is 77.5 Å². The minimum absolute atomic E-state index is 0.0437. The maximum Gasteiger partial charge on any atom is 0.216 e. The summed E-state index contributed by atoms with van der Waals surface area (Å²) in [6, 6.07) is 8.54. The zero-order valence-corrected chi connectivity index (χ0v) is 21.0. The van der Waals surface area contributed by atoms with Gasteiger partial charge in [-0.05, 0) is 41.0 Å². The van der Waals surface area contributed by atoms with Crippen molar-refractivity contribution in [3.8, 4) is 0 Å². The van der Waals surface area contributed by atoms with Crippen LogP contribution < -0.4 is 5.32 Å². The molecule has 3 aliphatic carbocycles. The summed E-state index contributed by atoms with van der Waals surface area (Å²) in [4.78, 5) is 28.7. The molecule has 1 saturated carbocycles. The van der Waals surface area contributed by atoms with Crippen molar-refractivity contribution in [1.82, 2.24) is 10.3 Å². The van der Waals surface area contributed by atoms with Crippen molar-refractivity contribution in [3.05, 3.63) is 77.4 Å². The first-order chi connectivity index (χ1) is 17.4. The molecule has 2 heterocycles. The van der Waals surface area contributed by atoms with Gasteiger partial charge in [0.05, 0.1) is 11.7 Å². The number of hydrogen-bond donors (Lipinski definition) is 1. The highest BCUT2D eigenvalue weighted by Crippen LogP contribution is 2.61. The first kappa shape index (κ1) is 23.2. The van der Waals surface area contributed by atoms with E-state index in [1.54, 1.807) is 7.11 Å². The summed E-state index contributed by atoms with van der Waals surface area (Å²) in [5.74, 6) is 1.24. The van der Waals surface area contributed by atoms with E-state index in [4.69, 9.17) is 9.47 Å². The molecule has 1 unspecified atom stereocenters. The Morgan fingerprint density at radius 3 is 2.94 bits per heavy atom. The van der Waals surface area contributed by atoms with Crippen LogP contribution in [0.4, 0.5) is 0 Å². The lowest BCUT2D eigenvalue weighted by atomic mass is 9.64. The number of ether oxygens (including phenoxy) is 2. The van der Waals surface area contributed by atoms with E-state index in [0.717, 1.165) is 23.1 Å². The maximum absolute atomic E-state index is 13.0. The summed E-state index contributed by atoms with van der Waals surface area (Å²) in [5, 5.41) is 5.21. The van der Waals surface area contributed by atoms with E-state index >= 15 is 0 Å². The van der Waals surface area contributed by atoms with Crippen molar-refractivity contribution >= 4 is 22.5 Å². The standard InChI is InChI=1S/C30H32N2O4/c1-17(33)32-15-18-11-25(34)23-13-19-7-9-30(2)24(29(19)36-26(23)12-18)14-27(35-3)28(30)22-6-4-5-20-16-31-10-8-21(20)22/h4-10,13,16,18,24,27-29H,11-12,14-15H2,1-3H3,(H,32,33)/t18?,24-,27+,28-,29+,30-/m0/s1. The van der Waals surface area contributed by atoms with Crippen LogP contribution in [0.3, 0.4) is 0 Å². The smallest absolute Gasteiger partial charge is 0.216 e. The number of carbonyl (C=O) groups excluding carboxylic acids is 2. The van der Waals surface area contributed by atoms with Crippen LogP contribution >= 0.6 is 0 Å². The van der Waals surface area contributed by atoms with E-state index < -0.39 is 0 Å². The Kier molecular flexibility index (Phi) is 5.60. The van der Waals surface area contributed by atoms with Crippen LogP contribution in [-0.2, 0) is 19.1 Å². The van der Waals surface area contributed by atoms with Crippen LogP contribution in [0.1, 0.15) is 44.6 Å². The summed E-state index contributed by atoms with van der Waals surface area (Å²) in [6.07, 6.45) is 12.2. The first-order valence-electron chi connectivity index (χ1n) is 12.8. The van der Waals surface area contributed by atoms with Crippen LogP contribution in [0, 0.1) is 17.3 Å². The van der Waals surface area contributed by atoms with Crippen molar-refractivity contribution in [3.63, 3.8) is 0 Å². The monoisotopic (exact) mass is 484 g/mol. The second-order valence-electron chi connectivity index (χ2n) is 10.9. The number of hydrogen-bond acceptors (Lipinski definition) is 5. The molecule has 0 radical (unpaired) electrons. The average molecular weight is 485 g/mol. The number of methoxy groups -OCH3 is 1. The zero-order valence-electron chi connectivity index (χ0n) is 21.0. The van der Waals surface area contributed by atoms with E-state index in [9.17, 15) is 9.59 Å². The minimum Gasteiger partial charge on any atom is -0.489 e. The molecule has 6 atom stereocenters. The lowest BCUT2D eigenvalue weighted by Gasteiger charge is -2.45. The van der Waals surface area contributed by atoms with E-state index in [1.807, 2.05) is 12.4 Å². The third kappa shape index (κ3) is 3.62. The molecule has 6 heteroatoms. The van der Waals surface area contributed by atoms with Gasteiger partial charge >= 0.3 is 0 Å². The zero-order chi connectivity index (χ0) is 25.0. The predicted octanol–water partition coefficient (Wildman–Crippen LogP) is 4.62. The Morgan fingerprint density at radius 1 is 1.28 bits per heavy atom. The first-order valence-corrected chi connectivity index (χ1v) is 12.8. The maximum atomic E-state index is 13.0. The molecule has 6 rings (SSSR count). The molecule has 0 bridgehead atoms. The molecule has 1 aliphatic heterocycles. The van der Waals surface area contributed by atoms with Gasteiger partial charge in [0, 0.05) is 68.5 Å². The number of fused-ring (bicyclic) bond motifs is 4. The van der Waals surface area contributed by atoms with Gasteiger partial charge in [-0.25, -0.2) is 0 Å². The molecule has 0 saturated heterocycles. The van der Waals surface area contributed by atoms with E-state index in [0.29, 0.717) is 25.0 Å². The quantitative estimate of drug-likeness (QED) is 0.685. The molecule has 0 spiro atoms. The van der Waals surface area contributed by atoms with Crippen LogP contribution in [0.2, 0.25) is 0 Å². The highest BCUT2D eigenvalue weighted by Gasteiger charge is 2.57. The van der Waals surface area contributed by atoms with E-state index in [1.165, 1.54) is 17.9 Å². The predicted molar refractivity (Wildman–Crippen MR) is 137 cm³/mol. The molecule has 1 amide bonds. The molecule has 2 aromatic rings. The number of nitrogens with one attached hydrogen (secondary N) is 1. The van der Waals surface area contributed by atoms with Crippen LogP contribution in [0.5, 0.6) is 0 Å². The van der Waals surface area contributed by atoms with E-state index in [2.05, 4.69) is 59.7 Å². The molecule has 186 valence electrons. The van der Waals surface area contributed by atoms with Gasteiger partial charge < -0.3 is 14.8 Å². The number of allylic oxidation sites excluding steroid dienone is 4. The molecule has 1 aromatic carbocycles. The highest BCUT2D eigenvalue weighted by molar-refractivity contribution is 6.00. The second kappa shape index (κ2) is 8.70. The van der Waals surface area contributed by atoms with Gasteiger partial charge in [-0.15, -0.1) is 0 Å². The molecule has 4 aliphatic rings. The molecular formula is C30H32N2O4. The number of amides is 1. The van der Waals surface area contributed by atoms with Crippen molar-refractivity contribution in [2.24, 2.45) is 17.3 Å². The Hall–Kier alpha value is -3.25. The number of carbonyl (C=O) groups is 2. The molecule has 6 nitrogen and oxygen atoms in total. The molecule has 1 aromatic heterocycles. The Balaban J connectivity index is 1.36. The highest BCUT2D eigenvalue weighted by atomic mass is 16.5. The van der Waals surface area contributed by atoms with Crippen LogP contribution in [0.25, 0.3) is 10.8 Å². The summed E-state index contributed by atoms with van der Waals surface area (Å²) < 4.78 is 12.8. The minimum atomic E-state index is -0.174. The largest absolute Gasteiger partial charge is 0.489 e. The fourth-order valence-corrected chi connectivity index (χ4v) is 7.02. The van der Waals surface area contributed by atoms with Gasteiger partial charge in [-0.1, -0.05) is 37.3 Å². The number of Topliss-reactive ketones (excluding diaryl/α,β-unsaturated/α-hetero) is 1. The fourth-order valence-electron chi connectivity index (χ4n) is 7.02. The number of nitrogens with zero attached hydrogens (tertiary/aromatic N) is 1. The van der Waals surface area contributed by atoms with Crippen molar-refractivity contribution < 1.29 is 19.1 Å². The molecule has 1 fully saturated rings. The summed E-state index contributed by atoms with van der Waals surface area (Å²) in [5.41, 5.74) is 2.88. The summed E-state index contributed by atoms with van der Waals surface area (Å²) >= 11 is 0. The number of rotatable bonds is 4. The lowest BCUT2D eigenvalue weighted by molar-refractivity contribution is -0.120. The third-order valence-electron chi connectivity index (χ3n) is 8.78. The number of ketones is 1. The van der Waals surface area contributed by atoms with Gasteiger partial charge in [0.25, 0.3) is 0 Å². The van der Waals surface area contributed by atoms with Gasteiger partial charge in [0.15, 0.2) is 5.78 Å². The molecule has 1 N–H and O–H groups in total. The fraction of sp³-hybridized carbons (Fsp3) is 0.433. The lowest BCUT2D eigenvalue weighted by Crippen LogP contribution is -2.42. The SMILES string of the molecule is CO[C@@H]1C[C@H]2[C@@H]3OC4=C(C=C3C=C[C@]2(C)[C@H]1c1cccc2cnccc12)C(=O)CC(CNC(C)=O)C4. The summed E-state index contributed by atoms with van der Waals surface area (Å²) in [6.45, 7) is 4.33. The normalized spacial score (nSPS) is 32.9. The Morgan fingerprint density at radius 2 is 2.14 bits per heavy atom. The average Bonchev–Trinajstić information content (AvgIpc) is 3.19. The van der Waals surface area contributed by atoms with Crippen molar-refractivity contribution in [2.75, 3.05) is 13.7 Å². The molecular weight excluding hydrogens is 452 g/mol. The van der Waals surface area contributed by atoms with Gasteiger partial charge in [-0.3, -0.25) is 14.6 Å². The number of pyridine rings is 1. The van der Waals surface area contributed by atoms with Gasteiger partial charge in [0.2, 0.25) is 5.91 Å². The molecule has 36 heavy (non-hydrogen) atoms.